The highest BCUT2D eigenvalue weighted by molar-refractivity contribution is 6.30. The molecule has 0 spiro atoms. The van der Waals surface area contributed by atoms with Crippen LogP contribution in [0.15, 0.2) is 18.2 Å². The van der Waals surface area contributed by atoms with Crippen LogP contribution < -0.4 is 0 Å². The lowest BCUT2D eigenvalue weighted by molar-refractivity contribution is 0.0173. The van der Waals surface area contributed by atoms with Gasteiger partial charge in [0.25, 0.3) is 0 Å². The molecule has 0 heterocycles. The van der Waals surface area contributed by atoms with E-state index in [-0.39, 0.29) is 0 Å². The highest BCUT2D eigenvalue weighted by atomic mass is 35.5. The van der Waals surface area contributed by atoms with Crippen molar-refractivity contribution >= 4 is 11.6 Å². The second kappa shape index (κ2) is 4.72. The van der Waals surface area contributed by atoms with E-state index in [1.54, 1.807) is 12.1 Å². The minimum atomic E-state index is -0.995. The Labute approximate surface area is 100 Å². The van der Waals surface area contributed by atoms with Gasteiger partial charge in [0, 0.05) is 10.6 Å². The summed E-state index contributed by atoms with van der Waals surface area (Å²) in [7, 11) is 0. The Balaban J connectivity index is 2.33. The minimum Gasteiger partial charge on any atom is -0.385 e. The zero-order valence-electron chi connectivity index (χ0n) is 9.18. The van der Waals surface area contributed by atoms with E-state index in [2.05, 4.69) is 0 Å². The molecular formula is C13H16ClFO. The van der Waals surface area contributed by atoms with E-state index in [4.69, 9.17) is 11.6 Å². The maximum Gasteiger partial charge on any atom is 0.130 e. The van der Waals surface area contributed by atoms with E-state index in [0.29, 0.717) is 23.4 Å². The molecular weight excluding hydrogens is 227 g/mol. The number of rotatable bonds is 1. The molecule has 1 aliphatic carbocycles. The number of aliphatic hydroxyl groups is 1. The van der Waals surface area contributed by atoms with Gasteiger partial charge in [0.05, 0.1) is 5.60 Å². The summed E-state index contributed by atoms with van der Waals surface area (Å²) in [5.41, 5.74) is -0.593. The van der Waals surface area contributed by atoms with Gasteiger partial charge in [-0.15, -0.1) is 0 Å². The maximum atomic E-state index is 13.8. The van der Waals surface area contributed by atoms with Crippen LogP contribution >= 0.6 is 11.6 Å². The van der Waals surface area contributed by atoms with Crippen molar-refractivity contribution in [3.63, 3.8) is 0 Å². The molecule has 0 amide bonds. The first-order chi connectivity index (χ1) is 7.62. The smallest absolute Gasteiger partial charge is 0.130 e. The molecule has 1 fully saturated rings. The maximum absolute atomic E-state index is 13.8. The Morgan fingerprint density at radius 1 is 1.12 bits per heavy atom. The van der Waals surface area contributed by atoms with Gasteiger partial charge >= 0.3 is 0 Å². The van der Waals surface area contributed by atoms with Crippen LogP contribution in [0.5, 0.6) is 0 Å². The lowest BCUT2D eigenvalue weighted by Gasteiger charge is -2.27. The summed E-state index contributed by atoms with van der Waals surface area (Å²) in [6.45, 7) is 0. The van der Waals surface area contributed by atoms with Crippen molar-refractivity contribution in [2.24, 2.45) is 0 Å². The zero-order chi connectivity index (χ0) is 11.6. The number of hydrogen-bond acceptors (Lipinski definition) is 1. The van der Waals surface area contributed by atoms with Crippen molar-refractivity contribution < 1.29 is 9.50 Å². The molecule has 1 aromatic rings. The van der Waals surface area contributed by atoms with Gasteiger partial charge in [0.15, 0.2) is 0 Å². The first kappa shape index (κ1) is 11.9. The molecule has 0 atom stereocenters. The van der Waals surface area contributed by atoms with Gasteiger partial charge < -0.3 is 5.11 Å². The Morgan fingerprint density at radius 2 is 1.75 bits per heavy atom. The SMILES string of the molecule is OC1(c2ccc(Cl)cc2F)CCCCCC1. The van der Waals surface area contributed by atoms with Crippen LogP contribution in [0.25, 0.3) is 0 Å². The fourth-order valence-corrected chi connectivity index (χ4v) is 2.61. The molecule has 16 heavy (non-hydrogen) atoms. The van der Waals surface area contributed by atoms with Gasteiger partial charge in [0.1, 0.15) is 5.82 Å². The van der Waals surface area contributed by atoms with Crippen LogP contribution in [0.1, 0.15) is 44.1 Å². The van der Waals surface area contributed by atoms with Gasteiger partial charge in [-0.1, -0.05) is 43.4 Å². The van der Waals surface area contributed by atoms with Crippen LogP contribution in [0.3, 0.4) is 0 Å². The predicted molar refractivity (Wildman–Crippen MR) is 63.0 cm³/mol. The molecule has 0 unspecified atom stereocenters. The monoisotopic (exact) mass is 242 g/mol. The summed E-state index contributed by atoms with van der Waals surface area (Å²) in [6, 6.07) is 4.53. The molecule has 3 heteroatoms. The summed E-state index contributed by atoms with van der Waals surface area (Å²) in [5, 5.41) is 10.9. The summed E-state index contributed by atoms with van der Waals surface area (Å²) in [4.78, 5) is 0. The van der Waals surface area contributed by atoms with E-state index in [1.165, 1.54) is 6.07 Å². The fraction of sp³-hybridized carbons (Fsp3) is 0.538. The first-order valence-electron chi connectivity index (χ1n) is 5.80. The Bertz CT molecular complexity index is 370. The summed E-state index contributed by atoms with van der Waals surface area (Å²) < 4.78 is 13.8. The van der Waals surface area contributed by atoms with E-state index in [0.717, 1.165) is 25.7 Å². The number of hydrogen-bond donors (Lipinski definition) is 1. The molecule has 0 radical (unpaired) electrons. The van der Waals surface area contributed by atoms with Crippen LogP contribution in [-0.2, 0) is 5.60 Å². The minimum absolute atomic E-state index is 0.374. The highest BCUT2D eigenvalue weighted by Gasteiger charge is 2.32. The van der Waals surface area contributed by atoms with Crippen molar-refractivity contribution in [2.45, 2.75) is 44.1 Å². The normalized spacial score (nSPS) is 20.4. The molecule has 0 bridgehead atoms. The fourth-order valence-electron chi connectivity index (χ4n) is 2.45. The Hall–Kier alpha value is -0.600. The number of benzene rings is 1. The van der Waals surface area contributed by atoms with Gasteiger partial charge in [-0.05, 0) is 25.0 Å². The van der Waals surface area contributed by atoms with Gasteiger partial charge in [-0.3, -0.25) is 0 Å². The quantitative estimate of drug-likeness (QED) is 0.738. The molecule has 88 valence electrons. The van der Waals surface area contributed by atoms with Crippen molar-refractivity contribution in [1.29, 1.82) is 0 Å². The summed E-state index contributed by atoms with van der Waals surface area (Å²) >= 11 is 5.71. The second-order valence-electron chi connectivity index (χ2n) is 4.57. The molecule has 2 rings (SSSR count). The third-order valence-electron chi connectivity index (χ3n) is 3.36. The first-order valence-corrected chi connectivity index (χ1v) is 6.17. The van der Waals surface area contributed by atoms with Crippen LogP contribution in [0.2, 0.25) is 5.02 Å². The van der Waals surface area contributed by atoms with Gasteiger partial charge in [-0.2, -0.15) is 0 Å². The van der Waals surface area contributed by atoms with E-state index < -0.39 is 11.4 Å². The summed E-state index contributed by atoms with van der Waals surface area (Å²) in [5.74, 6) is -0.392. The lowest BCUT2D eigenvalue weighted by Crippen LogP contribution is -2.26. The zero-order valence-corrected chi connectivity index (χ0v) is 9.93. The largest absolute Gasteiger partial charge is 0.385 e. The van der Waals surface area contributed by atoms with Gasteiger partial charge in [-0.25, -0.2) is 4.39 Å². The van der Waals surface area contributed by atoms with E-state index in [1.807, 2.05) is 0 Å². The molecule has 0 aromatic heterocycles. The van der Waals surface area contributed by atoms with Crippen LogP contribution in [0.4, 0.5) is 4.39 Å². The molecule has 1 aliphatic rings. The summed E-state index contributed by atoms with van der Waals surface area (Å²) in [6.07, 6.45) is 5.45. The second-order valence-corrected chi connectivity index (χ2v) is 5.01. The molecule has 1 saturated carbocycles. The topological polar surface area (TPSA) is 20.2 Å². The Morgan fingerprint density at radius 3 is 2.31 bits per heavy atom. The Kier molecular flexibility index (Phi) is 3.50. The molecule has 1 nitrogen and oxygen atoms in total. The molecule has 1 N–H and O–H groups in total. The standard InChI is InChI=1S/C13H16ClFO/c14-10-5-6-11(12(15)9-10)13(16)7-3-1-2-4-8-13/h5-6,9,16H,1-4,7-8H2. The van der Waals surface area contributed by atoms with E-state index >= 15 is 0 Å². The van der Waals surface area contributed by atoms with Crippen molar-refractivity contribution in [3.05, 3.63) is 34.6 Å². The van der Waals surface area contributed by atoms with Crippen molar-refractivity contribution in [2.75, 3.05) is 0 Å². The van der Waals surface area contributed by atoms with Crippen molar-refractivity contribution in [3.8, 4) is 0 Å². The van der Waals surface area contributed by atoms with Crippen LogP contribution in [-0.4, -0.2) is 5.11 Å². The molecule has 0 aliphatic heterocycles. The average Bonchev–Trinajstić information content (AvgIpc) is 2.43. The van der Waals surface area contributed by atoms with Crippen molar-refractivity contribution in [1.82, 2.24) is 0 Å². The number of halogens is 2. The van der Waals surface area contributed by atoms with Crippen LogP contribution in [0, 0.1) is 5.82 Å². The van der Waals surface area contributed by atoms with Gasteiger partial charge in [0.2, 0.25) is 0 Å². The molecule has 1 aromatic carbocycles. The average molecular weight is 243 g/mol. The highest BCUT2D eigenvalue weighted by Crippen LogP contribution is 2.37. The third kappa shape index (κ3) is 2.38. The third-order valence-corrected chi connectivity index (χ3v) is 3.60. The molecule has 0 saturated heterocycles. The van der Waals surface area contributed by atoms with E-state index in [9.17, 15) is 9.50 Å². The lowest BCUT2D eigenvalue weighted by atomic mass is 9.86. The predicted octanol–water partition coefficient (Wildman–Crippen LogP) is 4.02.